The zero-order valence-electron chi connectivity index (χ0n) is 8.21. The van der Waals surface area contributed by atoms with Crippen molar-refractivity contribution in [2.75, 3.05) is 0 Å². The maximum Gasteiger partial charge on any atom is 0.347 e. The van der Waals surface area contributed by atoms with Gasteiger partial charge in [-0.15, -0.1) is 11.3 Å². The highest BCUT2D eigenvalue weighted by atomic mass is 32.2. The monoisotopic (exact) mass is 257 g/mol. The molecule has 0 atom stereocenters. The molecule has 1 N–H and O–H groups in total. The van der Waals surface area contributed by atoms with E-state index in [1.807, 2.05) is 0 Å². The van der Waals surface area contributed by atoms with E-state index >= 15 is 0 Å². The molecule has 0 amide bonds. The molecule has 0 aliphatic carbocycles. The second-order valence-electron chi connectivity index (χ2n) is 2.82. The number of aromatic carboxylic acids is 1. The van der Waals surface area contributed by atoms with Gasteiger partial charge in [-0.3, -0.25) is 0 Å². The normalized spacial score (nSPS) is 10.6. The smallest absolute Gasteiger partial charge is 0.347 e. The maximum absolute atomic E-state index is 10.8. The van der Waals surface area contributed by atoms with Crippen molar-refractivity contribution in [2.45, 2.75) is 17.0 Å². The molecule has 0 aliphatic heterocycles. The third-order valence-electron chi connectivity index (χ3n) is 1.70. The van der Waals surface area contributed by atoms with Crippen LogP contribution in [0, 0.1) is 6.92 Å². The number of thiazole rings is 1. The van der Waals surface area contributed by atoms with Crippen LogP contribution in [0.4, 0.5) is 0 Å². The molecule has 6 nitrogen and oxygen atoms in total. The highest BCUT2D eigenvalue weighted by molar-refractivity contribution is 8.00. The van der Waals surface area contributed by atoms with Crippen molar-refractivity contribution in [3.8, 4) is 0 Å². The molecule has 2 aromatic heterocycles. The van der Waals surface area contributed by atoms with Gasteiger partial charge >= 0.3 is 5.97 Å². The predicted octanol–water partition coefficient (Wildman–Crippen LogP) is 1.83. The van der Waals surface area contributed by atoms with Crippen LogP contribution in [0.1, 0.15) is 21.3 Å². The summed E-state index contributed by atoms with van der Waals surface area (Å²) in [6.45, 7) is 1.68. The lowest BCUT2D eigenvalue weighted by atomic mass is 10.4. The van der Waals surface area contributed by atoms with Gasteiger partial charge < -0.3 is 9.63 Å². The third kappa shape index (κ3) is 2.39. The zero-order chi connectivity index (χ0) is 11.5. The molecule has 84 valence electrons. The molecule has 0 bridgehead atoms. The Morgan fingerprint density at radius 3 is 3.06 bits per heavy atom. The summed E-state index contributed by atoms with van der Waals surface area (Å²) in [4.78, 5) is 19.1. The lowest BCUT2D eigenvalue weighted by Gasteiger charge is -1.89. The van der Waals surface area contributed by atoms with Crippen molar-refractivity contribution in [3.05, 3.63) is 22.8 Å². The van der Waals surface area contributed by atoms with E-state index in [1.54, 1.807) is 6.92 Å². The van der Waals surface area contributed by atoms with Crippen molar-refractivity contribution in [1.29, 1.82) is 0 Å². The van der Waals surface area contributed by atoms with E-state index in [-0.39, 0.29) is 4.88 Å². The van der Waals surface area contributed by atoms with Crippen molar-refractivity contribution < 1.29 is 14.4 Å². The van der Waals surface area contributed by atoms with Crippen LogP contribution in [-0.4, -0.2) is 26.2 Å². The molecule has 0 saturated carbocycles. The standard InChI is InChI=1S/C8H7N3O3S2/c1-4-6(7(12)13)16-8(11-4)15-2-5-9-3-10-14-5/h3H,2H2,1H3,(H,12,13). The number of rotatable bonds is 4. The van der Waals surface area contributed by atoms with E-state index in [2.05, 4.69) is 15.1 Å². The second-order valence-corrected chi connectivity index (χ2v) is 5.04. The fourth-order valence-corrected chi connectivity index (χ4v) is 2.89. The number of carboxylic acid groups (broad SMARTS) is 1. The highest BCUT2D eigenvalue weighted by Crippen LogP contribution is 2.29. The highest BCUT2D eigenvalue weighted by Gasteiger charge is 2.14. The lowest BCUT2D eigenvalue weighted by molar-refractivity contribution is 0.0701. The summed E-state index contributed by atoms with van der Waals surface area (Å²) >= 11 is 2.53. The Morgan fingerprint density at radius 2 is 2.50 bits per heavy atom. The molecule has 0 saturated heterocycles. The van der Waals surface area contributed by atoms with Gasteiger partial charge in [0, 0.05) is 0 Å². The van der Waals surface area contributed by atoms with Crippen LogP contribution < -0.4 is 0 Å². The van der Waals surface area contributed by atoms with Crippen LogP contribution in [0.15, 0.2) is 15.2 Å². The second kappa shape index (κ2) is 4.62. The van der Waals surface area contributed by atoms with Crippen LogP contribution in [0.2, 0.25) is 0 Å². The Bertz CT molecular complexity index is 495. The molecule has 0 radical (unpaired) electrons. The fourth-order valence-electron chi connectivity index (χ4n) is 1.01. The van der Waals surface area contributed by atoms with E-state index < -0.39 is 5.97 Å². The first kappa shape index (κ1) is 11.1. The Morgan fingerprint density at radius 1 is 1.69 bits per heavy atom. The third-order valence-corrected chi connectivity index (χ3v) is 3.97. The first-order valence-electron chi connectivity index (χ1n) is 4.26. The topological polar surface area (TPSA) is 89.1 Å². The Kier molecular flexibility index (Phi) is 3.20. The minimum absolute atomic E-state index is 0.271. The Hall–Kier alpha value is -1.41. The summed E-state index contributed by atoms with van der Waals surface area (Å²) in [5.41, 5.74) is 0.533. The summed E-state index contributed by atoms with van der Waals surface area (Å²) in [5.74, 6) is 0.0424. The quantitative estimate of drug-likeness (QED) is 0.835. The molecule has 0 spiro atoms. The van der Waals surface area contributed by atoms with E-state index in [0.717, 1.165) is 11.3 Å². The van der Waals surface area contributed by atoms with Gasteiger partial charge in [0.25, 0.3) is 0 Å². The minimum atomic E-state index is -0.945. The van der Waals surface area contributed by atoms with E-state index in [0.29, 0.717) is 21.7 Å². The van der Waals surface area contributed by atoms with Crippen molar-refractivity contribution in [2.24, 2.45) is 0 Å². The maximum atomic E-state index is 10.8. The van der Waals surface area contributed by atoms with Gasteiger partial charge in [-0.05, 0) is 6.92 Å². The number of hydrogen-bond donors (Lipinski definition) is 1. The molecule has 0 unspecified atom stereocenters. The number of nitrogens with zero attached hydrogens (tertiary/aromatic N) is 3. The molecular weight excluding hydrogens is 250 g/mol. The van der Waals surface area contributed by atoms with Gasteiger partial charge in [0.05, 0.1) is 11.4 Å². The first-order valence-corrected chi connectivity index (χ1v) is 6.06. The van der Waals surface area contributed by atoms with Crippen molar-refractivity contribution in [3.63, 3.8) is 0 Å². The predicted molar refractivity (Wildman–Crippen MR) is 57.7 cm³/mol. The largest absolute Gasteiger partial charge is 0.477 e. The fraction of sp³-hybridized carbons (Fsp3) is 0.250. The number of carbonyl (C=O) groups is 1. The van der Waals surface area contributed by atoms with Crippen molar-refractivity contribution in [1.82, 2.24) is 15.1 Å². The molecule has 2 rings (SSSR count). The van der Waals surface area contributed by atoms with Gasteiger partial charge in [-0.2, -0.15) is 4.98 Å². The lowest BCUT2D eigenvalue weighted by Crippen LogP contribution is -1.94. The summed E-state index contributed by atoms with van der Waals surface area (Å²) in [6.07, 6.45) is 1.33. The van der Waals surface area contributed by atoms with Gasteiger partial charge in [-0.25, -0.2) is 9.78 Å². The number of thioether (sulfide) groups is 1. The molecule has 0 aromatic carbocycles. The number of aryl methyl sites for hydroxylation is 1. The average molecular weight is 257 g/mol. The molecule has 2 aromatic rings. The molecule has 16 heavy (non-hydrogen) atoms. The Labute approximate surface area is 98.7 Å². The van der Waals surface area contributed by atoms with Crippen LogP contribution in [0.5, 0.6) is 0 Å². The first-order chi connectivity index (χ1) is 7.66. The number of carboxylic acids is 1. The minimum Gasteiger partial charge on any atom is -0.477 e. The van der Waals surface area contributed by atoms with Gasteiger partial charge in [0.2, 0.25) is 5.89 Å². The van der Waals surface area contributed by atoms with E-state index in [4.69, 9.17) is 9.63 Å². The summed E-state index contributed by atoms with van der Waals surface area (Å²) in [5, 5.41) is 12.3. The molecule has 0 fully saturated rings. The van der Waals surface area contributed by atoms with Gasteiger partial charge in [0.15, 0.2) is 10.7 Å². The molecule has 2 heterocycles. The molecule has 8 heteroatoms. The summed E-state index contributed by atoms with van der Waals surface area (Å²) < 4.78 is 5.51. The Balaban J connectivity index is 2.05. The number of aromatic nitrogens is 3. The molecular formula is C8H7N3O3S2. The van der Waals surface area contributed by atoms with Crippen LogP contribution >= 0.6 is 23.1 Å². The van der Waals surface area contributed by atoms with Gasteiger partial charge in [-0.1, -0.05) is 16.9 Å². The van der Waals surface area contributed by atoms with Crippen LogP contribution in [0.3, 0.4) is 0 Å². The average Bonchev–Trinajstić information content (AvgIpc) is 2.83. The van der Waals surface area contributed by atoms with Crippen molar-refractivity contribution >= 4 is 29.1 Å². The van der Waals surface area contributed by atoms with Crippen LogP contribution in [0.25, 0.3) is 0 Å². The number of hydrogen-bond acceptors (Lipinski definition) is 7. The van der Waals surface area contributed by atoms with E-state index in [1.165, 1.54) is 18.1 Å². The zero-order valence-corrected chi connectivity index (χ0v) is 9.84. The molecule has 0 aliphatic rings. The summed E-state index contributed by atoms with van der Waals surface area (Å²) in [7, 11) is 0. The SMILES string of the molecule is Cc1nc(SCc2ncno2)sc1C(=O)O. The van der Waals surface area contributed by atoms with Crippen LogP contribution in [-0.2, 0) is 5.75 Å². The van der Waals surface area contributed by atoms with E-state index in [9.17, 15) is 4.79 Å². The summed E-state index contributed by atoms with van der Waals surface area (Å²) in [6, 6.07) is 0. The van der Waals surface area contributed by atoms with Gasteiger partial charge in [0.1, 0.15) is 4.88 Å².